The van der Waals surface area contributed by atoms with E-state index in [4.69, 9.17) is 4.42 Å². The molecule has 3 aromatic rings. The van der Waals surface area contributed by atoms with E-state index in [1.165, 1.54) is 6.92 Å². The second-order valence-electron chi connectivity index (χ2n) is 8.11. The summed E-state index contributed by atoms with van der Waals surface area (Å²) in [6.07, 6.45) is 4.86. The van der Waals surface area contributed by atoms with Crippen LogP contribution in [0.25, 0.3) is 22.3 Å². The molecule has 0 saturated carbocycles. The number of hydrogen-bond donors (Lipinski definition) is 2. The van der Waals surface area contributed by atoms with Crippen LogP contribution in [0.5, 0.6) is 0 Å². The number of aryl methyl sites for hydroxylation is 1. The molecule has 0 saturated heterocycles. The lowest BCUT2D eigenvalue weighted by atomic mass is 9.98. The lowest BCUT2D eigenvalue weighted by Crippen LogP contribution is -2.21. The first kappa shape index (κ1) is 24.3. The fourth-order valence-corrected chi connectivity index (χ4v) is 3.77. The molecular weight excluding hydrogens is 428 g/mol. The number of carbonyl (C=O) groups is 1. The van der Waals surface area contributed by atoms with Crippen LogP contribution in [0, 0.1) is 25.2 Å². The van der Waals surface area contributed by atoms with E-state index in [1.54, 1.807) is 55.5 Å². The van der Waals surface area contributed by atoms with Crippen molar-refractivity contribution in [3.63, 3.8) is 0 Å². The van der Waals surface area contributed by atoms with E-state index in [0.29, 0.717) is 44.7 Å². The Labute approximate surface area is 198 Å². The van der Waals surface area contributed by atoms with Gasteiger partial charge in [0.15, 0.2) is 5.43 Å². The van der Waals surface area contributed by atoms with E-state index in [1.807, 2.05) is 19.9 Å². The van der Waals surface area contributed by atoms with Crippen molar-refractivity contribution < 1.29 is 14.3 Å². The summed E-state index contributed by atoms with van der Waals surface area (Å²) in [7, 11) is 0. The first-order valence-corrected chi connectivity index (χ1v) is 10.8. The largest absolute Gasteiger partial charge is 0.478 e. The van der Waals surface area contributed by atoms with Crippen LogP contribution in [-0.4, -0.2) is 11.1 Å². The van der Waals surface area contributed by atoms with Gasteiger partial charge >= 0.3 is 5.97 Å². The Balaban J connectivity index is 2.24. The van der Waals surface area contributed by atoms with Crippen molar-refractivity contribution in [2.45, 2.75) is 33.7 Å². The lowest BCUT2D eigenvalue weighted by molar-refractivity contribution is -0.132. The molecule has 6 heteroatoms. The molecule has 1 aromatic heterocycles. The number of hydrogen-bond acceptors (Lipinski definition) is 5. The predicted octanol–water partition coefficient (Wildman–Crippen LogP) is 5.70. The minimum atomic E-state index is -1.04. The molecular formula is C28H26N2O4. The maximum atomic E-state index is 13.3. The second-order valence-corrected chi connectivity index (χ2v) is 8.11. The average Bonchev–Trinajstić information content (AvgIpc) is 2.83. The Morgan fingerprint density at radius 3 is 2.65 bits per heavy atom. The molecule has 6 nitrogen and oxygen atoms in total. The maximum Gasteiger partial charge on any atom is 0.333 e. The summed E-state index contributed by atoms with van der Waals surface area (Å²) in [5.41, 5.74) is 3.98. The Morgan fingerprint density at radius 2 is 2.00 bits per heavy atom. The van der Waals surface area contributed by atoms with Crippen LogP contribution in [0.4, 0.5) is 0 Å². The molecule has 2 N–H and O–H groups in total. The van der Waals surface area contributed by atoms with Gasteiger partial charge in [-0.15, -0.1) is 0 Å². The van der Waals surface area contributed by atoms with Crippen LogP contribution < -0.4 is 10.7 Å². The number of carboxylic acids is 1. The van der Waals surface area contributed by atoms with E-state index in [2.05, 4.69) is 18.0 Å². The molecule has 0 aliphatic heterocycles. The molecule has 0 fully saturated rings. The van der Waals surface area contributed by atoms with Gasteiger partial charge in [-0.3, -0.25) is 4.79 Å². The SMILES string of the molecule is C=C/C=C\C(NC(C)c1cc(C)cc2c(=O)c(C)c(-c3cccc(C#N)c3)oc12)=C(/C)C(=O)O. The highest BCUT2D eigenvalue weighted by atomic mass is 16.4. The van der Waals surface area contributed by atoms with Gasteiger partial charge in [0.2, 0.25) is 0 Å². The molecule has 0 spiro atoms. The number of benzene rings is 2. The van der Waals surface area contributed by atoms with Gasteiger partial charge in [0, 0.05) is 22.4 Å². The Kier molecular flexibility index (Phi) is 7.18. The van der Waals surface area contributed by atoms with Crippen LogP contribution >= 0.6 is 0 Å². The Hall–Kier alpha value is -4.37. The number of nitriles is 1. The van der Waals surface area contributed by atoms with E-state index in [9.17, 15) is 20.0 Å². The number of nitrogens with zero attached hydrogens (tertiary/aromatic N) is 1. The molecule has 0 bridgehead atoms. The van der Waals surface area contributed by atoms with Gasteiger partial charge in [0.05, 0.1) is 28.6 Å². The summed E-state index contributed by atoms with van der Waals surface area (Å²) in [6.45, 7) is 10.6. The van der Waals surface area contributed by atoms with Gasteiger partial charge in [-0.05, 0) is 57.5 Å². The van der Waals surface area contributed by atoms with Crippen LogP contribution in [0.1, 0.15) is 42.1 Å². The summed E-state index contributed by atoms with van der Waals surface area (Å²) < 4.78 is 6.32. The third-order valence-corrected chi connectivity index (χ3v) is 5.61. The normalized spacial score (nSPS) is 12.8. The summed E-state index contributed by atoms with van der Waals surface area (Å²) in [4.78, 5) is 24.9. The standard InChI is InChI=1S/C28H26N2O4/c1-6-7-11-24(17(3)28(32)33)30-19(5)22-12-16(2)13-23-25(31)18(4)26(34-27(22)23)21-10-8-9-20(14-21)15-29/h6-14,19,30H,1H2,2-5H3,(H,32,33)/b11-7-,24-17-. The highest BCUT2D eigenvalue weighted by molar-refractivity contribution is 5.87. The summed E-state index contributed by atoms with van der Waals surface area (Å²) in [5, 5.41) is 22.4. The van der Waals surface area contributed by atoms with Crippen molar-refractivity contribution >= 4 is 16.9 Å². The van der Waals surface area contributed by atoms with Crippen molar-refractivity contribution in [2.75, 3.05) is 0 Å². The van der Waals surface area contributed by atoms with Crippen LogP contribution in [0.2, 0.25) is 0 Å². The van der Waals surface area contributed by atoms with E-state index in [-0.39, 0.29) is 17.0 Å². The van der Waals surface area contributed by atoms with E-state index in [0.717, 1.165) is 5.56 Å². The maximum absolute atomic E-state index is 13.3. The molecule has 172 valence electrons. The quantitative estimate of drug-likeness (QED) is 0.351. The fourth-order valence-electron chi connectivity index (χ4n) is 3.77. The van der Waals surface area contributed by atoms with Crippen LogP contribution in [0.3, 0.4) is 0 Å². The number of nitrogens with one attached hydrogen (secondary N) is 1. The smallest absolute Gasteiger partial charge is 0.333 e. The van der Waals surface area contributed by atoms with E-state index >= 15 is 0 Å². The van der Waals surface area contributed by atoms with Gasteiger partial charge in [-0.2, -0.15) is 5.26 Å². The van der Waals surface area contributed by atoms with Gasteiger partial charge < -0.3 is 14.8 Å². The number of rotatable bonds is 7. The topological polar surface area (TPSA) is 103 Å². The minimum absolute atomic E-state index is 0.146. The molecule has 0 aliphatic rings. The van der Waals surface area contributed by atoms with Crippen molar-refractivity contribution in [1.29, 1.82) is 5.26 Å². The minimum Gasteiger partial charge on any atom is -0.478 e. The van der Waals surface area contributed by atoms with Crippen molar-refractivity contribution in [3.05, 3.63) is 105 Å². The van der Waals surface area contributed by atoms with Gasteiger partial charge in [-0.25, -0.2) is 4.79 Å². The lowest BCUT2D eigenvalue weighted by Gasteiger charge is -2.20. The molecule has 1 atom stereocenters. The number of allylic oxidation sites excluding steroid dienone is 3. The van der Waals surface area contributed by atoms with Crippen molar-refractivity contribution in [1.82, 2.24) is 5.32 Å². The highest BCUT2D eigenvalue weighted by Gasteiger charge is 2.20. The number of aliphatic carboxylic acids is 1. The summed E-state index contributed by atoms with van der Waals surface area (Å²) >= 11 is 0. The molecule has 1 unspecified atom stereocenters. The monoisotopic (exact) mass is 454 g/mol. The van der Waals surface area contributed by atoms with Crippen molar-refractivity contribution in [3.8, 4) is 17.4 Å². The third-order valence-electron chi connectivity index (χ3n) is 5.61. The van der Waals surface area contributed by atoms with Gasteiger partial charge in [0.25, 0.3) is 0 Å². The third kappa shape index (κ3) is 4.84. The van der Waals surface area contributed by atoms with Crippen LogP contribution in [0.15, 0.2) is 81.7 Å². The van der Waals surface area contributed by atoms with E-state index < -0.39 is 5.97 Å². The molecule has 3 rings (SSSR count). The number of fused-ring (bicyclic) bond motifs is 1. The first-order chi connectivity index (χ1) is 16.2. The highest BCUT2D eigenvalue weighted by Crippen LogP contribution is 2.31. The van der Waals surface area contributed by atoms with Gasteiger partial charge in [-0.1, -0.05) is 36.9 Å². The fraction of sp³-hybridized carbons (Fsp3) is 0.179. The molecule has 1 heterocycles. The average molecular weight is 455 g/mol. The predicted molar refractivity (Wildman–Crippen MR) is 133 cm³/mol. The Morgan fingerprint density at radius 1 is 1.26 bits per heavy atom. The molecule has 34 heavy (non-hydrogen) atoms. The summed E-state index contributed by atoms with van der Waals surface area (Å²) in [6, 6.07) is 12.3. The molecule has 2 aromatic carbocycles. The summed E-state index contributed by atoms with van der Waals surface area (Å²) in [5.74, 6) is -0.643. The molecule has 0 radical (unpaired) electrons. The van der Waals surface area contributed by atoms with Crippen LogP contribution in [-0.2, 0) is 4.79 Å². The first-order valence-electron chi connectivity index (χ1n) is 10.8. The zero-order chi connectivity index (χ0) is 25.0. The second kappa shape index (κ2) is 10.1. The molecule has 0 amide bonds. The Bertz CT molecular complexity index is 1450. The van der Waals surface area contributed by atoms with Gasteiger partial charge in [0.1, 0.15) is 11.3 Å². The zero-order valence-electron chi connectivity index (χ0n) is 19.6. The number of carboxylic acid groups (broad SMARTS) is 1. The van der Waals surface area contributed by atoms with Crippen molar-refractivity contribution in [2.24, 2.45) is 0 Å². The zero-order valence-corrected chi connectivity index (χ0v) is 19.6. The molecule has 0 aliphatic carbocycles.